The molecule has 0 rings (SSSR count). The van der Waals surface area contributed by atoms with E-state index in [2.05, 4.69) is 5.32 Å². The molecular weight excluding hydrogens is 212 g/mol. The van der Waals surface area contributed by atoms with Gasteiger partial charge in [-0.3, -0.25) is 9.59 Å². The zero-order chi connectivity index (χ0) is 12.7. The molecule has 0 aromatic rings. The Hall–Kier alpha value is -1.59. The number of carboxylic acid groups (broad SMARTS) is 1. The molecule has 0 spiro atoms. The van der Waals surface area contributed by atoms with E-state index in [1.165, 1.54) is 11.8 Å². The van der Waals surface area contributed by atoms with Crippen LogP contribution >= 0.6 is 0 Å². The largest absolute Gasteiger partial charge is 0.480 e. The maximum Gasteiger partial charge on any atom is 0.326 e. The highest BCUT2D eigenvalue weighted by atomic mass is 16.4. The van der Waals surface area contributed by atoms with Crippen LogP contribution in [0.25, 0.3) is 0 Å². The molecule has 2 amide bonds. The summed E-state index contributed by atoms with van der Waals surface area (Å²) >= 11 is 0. The number of hydrogen-bond donors (Lipinski definition) is 2. The molecule has 6 nitrogen and oxygen atoms in total. The zero-order valence-corrected chi connectivity index (χ0v) is 9.82. The van der Waals surface area contributed by atoms with Crippen LogP contribution in [0.5, 0.6) is 0 Å². The van der Waals surface area contributed by atoms with Gasteiger partial charge >= 0.3 is 5.97 Å². The second-order valence-electron chi connectivity index (χ2n) is 3.36. The van der Waals surface area contributed by atoms with Crippen molar-refractivity contribution in [3.63, 3.8) is 0 Å². The van der Waals surface area contributed by atoms with Crippen LogP contribution < -0.4 is 5.32 Å². The van der Waals surface area contributed by atoms with Crippen molar-refractivity contribution in [3.8, 4) is 0 Å². The van der Waals surface area contributed by atoms with Gasteiger partial charge in [-0.25, -0.2) is 4.79 Å². The van der Waals surface area contributed by atoms with Crippen LogP contribution in [0.2, 0.25) is 0 Å². The number of rotatable bonds is 6. The van der Waals surface area contributed by atoms with Gasteiger partial charge in [0.25, 0.3) is 0 Å². The van der Waals surface area contributed by atoms with Gasteiger partial charge in [0.1, 0.15) is 6.04 Å². The highest BCUT2D eigenvalue weighted by molar-refractivity contribution is 5.88. The van der Waals surface area contributed by atoms with Gasteiger partial charge in [0.15, 0.2) is 0 Å². The number of aliphatic carboxylic acids is 1. The number of hydrogen-bond acceptors (Lipinski definition) is 3. The van der Waals surface area contributed by atoms with Gasteiger partial charge in [0, 0.05) is 20.0 Å². The first-order chi connectivity index (χ1) is 7.42. The van der Waals surface area contributed by atoms with Gasteiger partial charge in [-0.05, 0) is 13.8 Å². The molecule has 0 saturated carbocycles. The number of carbonyl (C=O) groups is 3. The molecular formula is C10H18N2O4. The van der Waals surface area contributed by atoms with E-state index in [0.717, 1.165) is 0 Å². The number of nitrogens with one attached hydrogen (secondary N) is 1. The summed E-state index contributed by atoms with van der Waals surface area (Å²) in [5, 5.41) is 11.0. The number of nitrogens with zero attached hydrogens (tertiary/aromatic N) is 1. The second-order valence-corrected chi connectivity index (χ2v) is 3.36. The summed E-state index contributed by atoms with van der Waals surface area (Å²) in [6.45, 7) is 5.91. The van der Waals surface area contributed by atoms with Gasteiger partial charge in [-0.15, -0.1) is 0 Å². The summed E-state index contributed by atoms with van der Waals surface area (Å²) in [5.74, 6) is -1.93. The fraction of sp³-hybridized carbons (Fsp3) is 0.700. The van der Waals surface area contributed by atoms with Gasteiger partial charge < -0.3 is 15.3 Å². The molecule has 0 aromatic carbocycles. The van der Waals surface area contributed by atoms with Crippen molar-refractivity contribution in [2.45, 2.75) is 33.2 Å². The molecule has 0 radical (unpaired) electrons. The minimum Gasteiger partial charge on any atom is -0.480 e. The smallest absolute Gasteiger partial charge is 0.326 e. The number of carbonyl (C=O) groups excluding carboxylic acids is 2. The Labute approximate surface area is 94.6 Å². The molecule has 92 valence electrons. The van der Waals surface area contributed by atoms with Crippen molar-refractivity contribution >= 4 is 17.8 Å². The topological polar surface area (TPSA) is 86.7 Å². The molecule has 0 bridgehead atoms. The Kier molecular flexibility index (Phi) is 6.14. The van der Waals surface area contributed by atoms with Gasteiger partial charge in [0.05, 0.1) is 6.42 Å². The quantitative estimate of drug-likeness (QED) is 0.663. The van der Waals surface area contributed by atoms with Crippen LogP contribution in [-0.4, -0.2) is 46.9 Å². The Morgan fingerprint density at radius 2 is 1.75 bits per heavy atom. The van der Waals surface area contributed by atoms with Gasteiger partial charge in [0.2, 0.25) is 11.8 Å². The predicted molar refractivity (Wildman–Crippen MR) is 57.8 cm³/mol. The van der Waals surface area contributed by atoms with E-state index in [1.807, 2.05) is 13.8 Å². The van der Waals surface area contributed by atoms with Crippen LogP contribution in [0.1, 0.15) is 27.2 Å². The zero-order valence-electron chi connectivity index (χ0n) is 9.82. The molecule has 0 aliphatic heterocycles. The maximum atomic E-state index is 11.6. The molecule has 6 heteroatoms. The van der Waals surface area contributed by atoms with Crippen LogP contribution in [0.15, 0.2) is 0 Å². The molecule has 0 fully saturated rings. The summed E-state index contributed by atoms with van der Waals surface area (Å²) < 4.78 is 0. The highest BCUT2D eigenvalue weighted by Crippen LogP contribution is 1.99. The van der Waals surface area contributed by atoms with Crippen molar-refractivity contribution in [1.82, 2.24) is 10.2 Å². The molecule has 0 heterocycles. The Morgan fingerprint density at radius 1 is 1.25 bits per heavy atom. The first-order valence-electron chi connectivity index (χ1n) is 5.20. The van der Waals surface area contributed by atoms with Crippen molar-refractivity contribution in [3.05, 3.63) is 0 Å². The van der Waals surface area contributed by atoms with Gasteiger partial charge in [-0.2, -0.15) is 0 Å². The van der Waals surface area contributed by atoms with E-state index in [4.69, 9.17) is 5.11 Å². The van der Waals surface area contributed by atoms with Crippen LogP contribution in [0.4, 0.5) is 0 Å². The summed E-state index contributed by atoms with van der Waals surface area (Å²) in [7, 11) is 0. The molecule has 0 saturated heterocycles. The van der Waals surface area contributed by atoms with E-state index >= 15 is 0 Å². The standard InChI is InChI=1S/C10H18N2O4/c1-4-12(5-2)9(14)6-8(10(15)16)11-7(3)13/h8H,4-6H2,1-3H3,(H,11,13)(H,15,16)/t8-/m1/s1. The minimum absolute atomic E-state index is 0.212. The van der Waals surface area contributed by atoms with Crippen LogP contribution in [0.3, 0.4) is 0 Å². The summed E-state index contributed by atoms with van der Waals surface area (Å²) in [6, 6.07) is -1.15. The van der Waals surface area contributed by atoms with E-state index in [-0.39, 0.29) is 12.3 Å². The first kappa shape index (κ1) is 14.4. The number of carboxylic acids is 1. The lowest BCUT2D eigenvalue weighted by Crippen LogP contribution is -2.44. The molecule has 0 unspecified atom stereocenters. The highest BCUT2D eigenvalue weighted by Gasteiger charge is 2.23. The van der Waals surface area contributed by atoms with Gasteiger partial charge in [-0.1, -0.05) is 0 Å². The van der Waals surface area contributed by atoms with Crippen molar-refractivity contribution in [2.75, 3.05) is 13.1 Å². The van der Waals surface area contributed by atoms with E-state index in [1.54, 1.807) is 0 Å². The Bertz CT molecular complexity index is 274. The fourth-order valence-electron chi connectivity index (χ4n) is 1.33. The average molecular weight is 230 g/mol. The van der Waals surface area contributed by atoms with E-state index in [9.17, 15) is 14.4 Å². The summed E-state index contributed by atoms with van der Waals surface area (Å²) in [6.07, 6.45) is -0.212. The second kappa shape index (κ2) is 6.81. The third kappa shape index (κ3) is 4.77. The van der Waals surface area contributed by atoms with Crippen LogP contribution in [0, 0.1) is 0 Å². The average Bonchev–Trinajstić information content (AvgIpc) is 2.17. The van der Waals surface area contributed by atoms with E-state index in [0.29, 0.717) is 13.1 Å². The fourth-order valence-corrected chi connectivity index (χ4v) is 1.33. The minimum atomic E-state index is -1.20. The molecule has 2 N–H and O–H groups in total. The van der Waals surface area contributed by atoms with Crippen molar-refractivity contribution in [2.24, 2.45) is 0 Å². The summed E-state index contributed by atoms with van der Waals surface area (Å²) in [5.41, 5.74) is 0. The SMILES string of the molecule is CCN(CC)C(=O)C[C@@H](NC(C)=O)C(=O)O. The van der Waals surface area contributed by atoms with Crippen LogP contribution in [-0.2, 0) is 14.4 Å². The molecule has 0 aliphatic rings. The molecule has 16 heavy (non-hydrogen) atoms. The Morgan fingerprint density at radius 3 is 2.06 bits per heavy atom. The third-order valence-electron chi connectivity index (χ3n) is 2.17. The molecule has 0 aliphatic carbocycles. The molecule has 1 atom stereocenters. The summed E-state index contributed by atoms with van der Waals surface area (Å²) in [4.78, 5) is 34.7. The van der Waals surface area contributed by atoms with Crippen molar-refractivity contribution < 1.29 is 19.5 Å². The number of amides is 2. The molecule has 0 aromatic heterocycles. The normalized spacial score (nSPS) is 11.7. The predicted octanol–water partition coefficient (Wildman–Crippen LogP) is -0.166. The lowest BCUT2D eigenvalue weighted by atomic mass is 10.2. The van der Waals surface area contributed by atoms with Crippen molar-refractivity contribution in [1.29, 1.82) is 0 Å². The monoisotopic (exact) mass is 230 g/mol. The maximum absolute atomic E-state index is 11.6. The lowest BCUT2D eigenvalue weighted by molar-refractivity contribution is -0.145. The van der Waals surface area contributed by atoms with E-state index < -0.39 is 17.9 Å². The first-order valence-corrected chi connectivity index (χ1v) is 5.20. The lowest BCUT2D eigenvalue weighted by Gasteiger charge is -2.21. The third-order valence-corrected chi connectivity index (χ3v) is 2.17. The Balaban J connectivity index is 4.44.